The number of nitrogens with zero attached hydrogens (tertiary/aromatic N) is 1. The highest BCUT2D eigenvalue weighted by atomic mass is 16.3. The Labute approximate surface area is 108 Å². The summed E-state index contributed by atoms with van der Waals surface area (Å²) in [5.41, 5.74) is 1.36. The van der Waals surface area contributed by atoms with E-state index in [-0.39, 0.29) is 17.7 Å². The summed E-state index contributed by atoms with van der Waals surface area (Å²) in [5, 5.41) is 12.8. The predicted molar refractivity (Wildman–Crippen MR) is 70.8 cm³/mol. The van der Waals surface area contributed by atoms with E-state index in [1.54, 1.807) is 18.2 Å². The number of aryl methyl sites for hydroxylation is 1. The zero-order valence-corrected chi connectivity index (χ0v) is 10.9. The van der Waals surface area contributed by atoms with Crippen LogP contribution in [0.2, 0.25) is 0 Å². The smallest absolute Gasteiger partial charge is 0.254 e. The molecule has 1 fully saturated rings. The van der Waals surface area contributed by atoms with Gasteiger partial charge in [0.05, 0.1) is 0 Å². The molecule has 1 unspecified atom stereocenters. The van der Waals surface area contributed by atoms with Crippen molar-refractivity contribution in [3.8, 4) is 5.75 Å². The van der Waals surface area contributed by atoms with Crippen LogP contribution in [0.3, 0.4) is 0 Å². The standard InChI is InChI=1S/C14H20N2O2/c1-10-5-6-11(8-13(10)17)14(18)16-7-3-4-12(16)9-15-2/h5-6,8,12,15,17H,3-4,7,9H2,1-2H3. The number of nitrogens with one attached hydrogen (secondary N) is 1. The van der Waals surface area contributed by atoms with E-state index >= 15 is 0 Å². The average Bonchev–Trinajstić information content (AvgIpc) is 2.80. The molecule has 0 aliphatic carbocycles. The lowest BCUT2D eigenvalue weighted by atomic mass is 10.1. The molecule has 1 atom stereocenters. The van der Waals surface area contributed by atoms with E-state index in [0.29, 0.717) is 5.56 Å². The van der Waals surface area contributed by atoms with Crippen molar-refractivity contribution in [1.82, 2.24) is 10.2 Å². The Morgan fingerprint density at radius 3 is 3.00 bits per heavy atom. The third-order valence-corrected chi connectivity index (χ3v) is 3.53. The lowest BCUT2D eigenvalue weighted by Crippen LogP contribution is -2.40. The van der Waals surface area contributed by atoms with Crippen LogP contribution < -0.4 is 5.32 Å². The van der Waals surface area contributed by atoms with Crippen molar-refractivity contribution in [2.45, 2.75) is 25.8 Å². The van der Waals surface area contributed by atoms with Gasteiger partial charge in [0.2, 0.25) is 0 Å². The number of likely N-dealkylation sites (tertiary alicyclic amines) is 1. The number of amides is 1. The minimum absolute atomic E-state index is 0.0167. The van der Waals surface area contributed by atoms with E-state index < -0.39 is 0 Å². The van der Waals surface area contributed by atoms with Gasteiger partial charge in [-0.2, -0.15) is 0 Å². The Bertz CT molecular complexity index is 445. The van der Waals surface area contributed by atoms with Gasteiger partial charge in [-0.3, -0.25) is 4.79 Å². The van der Waals surface area contributed by atoms with Gasteiger partial charge in [-0.15, -0.1) is 0 Å². The first-order chi connectivity index (χ1) is 8.63. The molecule has 1 aromatic rings. The number of hydrogen-bond donors (Lipinski definition) is 2. The van der Waals surface area contributed by atoms with Gasteiger partial charge in [-0.25, -0.2) is 0 Å². The molecule has 18 heavy (non-hydrogen) atoms. The fourth-order valence-electron chi connectivity index (χ4n) is 2.46. The minimum Gasteiger partial charge on any atom is -0.508 e. The molecular formula is C14H20N2O2. The first-order valence-corrected chi connectivity index (χ1v) is 6.38. The van der Waals surface area contributed by atoms with Gasteiger partial charge < -0.3 is 15.3 Å². The summed E-state index contributed by atoms with van der Waals surface area (Å²) < 4.78 is 0. The van der Waals surface area contributed by atoms with Gasteiger partial charge in [0.25, 0.3) is 5.91 Å². The molecule has 1 aliphatic rings. The topological polar surface area (TPSA) is 52.6 Å². The van der Waals surface area contributed by atoms with E-state index in [4.69, 9.17) is 0 Å². The molecule has 1 aromatic carbocycles. The summed E-state index contributed by atoms with van der Waals surface area (Å²) in [5.74, 6) is 0.202. The van der Waals surface area contributed by atoms with Crippen molar-refractivity contribution >= 4 is 5.91 Å². The van der Waals surface area contributed by atoms with Crippen LogP contribution in [-0.4, -0.2) is 42.1 Å². The minimum atomic E-state index is 0.0167. The average molecular weight is 248 g/mol. The van der Waals surface area contributed by atoms with Crippen LogP contribution in [0.25, 0.3) is 0 Å². The quantitative estimate of drug-likeness (QED) is 0.853. The number of hydrogen-bond acceptors (Lipinski definition) is 3. The lowest BCUT2D eigenvalue weighted by Gasteiger charge is -2.24. The van der Waals surface area contributed by atoms with E-state index in [0.717, 1.165) is 31.5 Å². The van der Waals surface area contributed by atoms with Crippen molar-refractivity contribution < 1.29 is 9.90 Å². The maximum Gasteiger partial charge on any atom is 0.254 e. The van der Waals surface area contributed by atoms with Crippen molar-refractivity contribution in [3.05, 3.63) is 29.3 Å². The monoisotopic (exact) mass is 248 g/mol. The Balaban J connectivity index is 2.17. The van der Waals surface area contributed by atoms with Crippen molar-refractivity contribution in [2.75, 3.05) is 20.1 Å². The van der Waals surface area contributed by atoms with Crippen LogP contribution in [0.15, 0.2) is 18.2 Å². The highest BCUT2D eigenvalue weighted by Crippen LogP contribution is 2.23. The number of rotatable bonds is 3. The zero-order valence-electron chi connectivity index (χ0n) is 10.9. The van der Waals surface area contributed by atoms with E-state index in [1.165, 1.54) is 0 Å². The third kappa shape index (κ3) is 2.48. The fourth-order valence-corrected chi connectivity index (χ4v) is 2.46. The van der Waals surface area contributed by atoms with Crippen LogP contribution in [0.1, 0.15) is 28.8 Å². The Morgan fingerprint density at radius 1 is 1.56 bits per heavy atom. The molecule has 4 heteroatoms. The van der Waals surface area contributed by atoms with Crippen LogP contribution in [-0.2, 0) is 0 Å². The van der Waals surface area contributed by atoms with Gasteiger partial charge in [-0.05, 0) is 44.5 Å². The first kappa shape index (κ1) is 12.9. The van der Waals surface area contributed by atoms with Gasteiger partial charge in [0.15, 0.2) is 0 Å². The van der Waals surface area contributed by atoms with E-state index in [9.17, 15) is 9.90 Å². The normalized spacial score (nSPS) is 19.2. The van der Waals surface area contributed by atoms with Crippen LogP contribution in [0.5, 0.6) is 5.75 Å². The molecule has 1 aliphatic heterocycles. The molecule has 2 rings (SSSR count). The molecule has 1 saturated heterocycles. The van der Waals surface area contributed by atoms with Crippen molar-refractivity contribution in [1.29, 1.82) is 0 Å². The van der Waals surface area contributed by atoms with Gasteiger partial charge >= 0.3 is 0 Å². The number of phenolic OH excluding ortho intramolecular Hbond substituents is 1. The summed E-state index contributed by atoms with van der Waals surface area (Å²) in [7, 11) is 1.90. The second-order valence-corrected chi connectivity index (χ2v) is 4.85. The number of carbonyl (C=O) groups is 1. The van der Waals surface area contributed by atoms with Gasteiger partial charge in [0, 0.05) is 24.7 Å². The number of phenols is 1. The summed E-state index contributed by atoms with van der Waals surface area (Å²) in [6.07, 6.45) is 2.10. The van der Waals surface area contributed by atoms with Crippen molar-refractivity contribution in [3.63, 3.8) is 0 Å². The van der Waals surface area contributed by atoms with Crippen LogP contribution >= 0.6 is 0 Å². The van der Waals surface area contributed by atoms with Crippen LogP contribution in [0.4, 0.5) is 0 Å². The molecule has 0 spiro atoms. The number of aromatic hydroxyl groups is 1. The summed E-state index contributed by atoms with van der Waals surface area (Å²) in [6.45, 7) is 3.45. The summed E-state index contributed by atoms with van der Waals surface area (Å²) in [4.78, 5) is 14.3. The van der Waals surface area contributed by atoms with E-state index in [1.807, 2.05) is 18.9 Å². The summed E-state index contributed by atoms with van der Waals surface area (Å²) in [6, 6.07) is 5.40. The van der Waals surface area contributed by atoms with Gasteiger partial charge in [0.1, 0.15) is 5.75 Å². The first-order valence-electron chi connectivity index (χ1n) is 6.38. The third-order valence-electron chi connectivity index (χ3n) is 3.53. The highest BCUT2D eigenvalue weighted by Gasteiger charge is 2.28. The fraction of sp³-hybridized carbons (Fsp3) is 0.500. The maximum atomic E-state index is 12.4. The van der Waals surface area contributed by atoms with Gasteiger partial charge in [-0.1, -0.05) is 6.07 Å². The molecule has 0 radical (unpaired) electrons. The van der Waals surface area contributed by atoms with E-state index in [2.05, 4.69) is 5.32 Å². The molecular weight excluding hydrogens is 228 g/mol. The molecule has 4 nitrogen and oxygen atoms in total. The van der Waals surface area contributed by atoms with Crippen molar-refractivity contribution in [2.24, 2.45) is 0 Å². The molecule has 0 aromatic heterocycles. The maximum absolute atomic E-state index is 12.4. The molecule has 0 bridgehead atoms. The molecule has 1 heterocycles. The molecule has 0 saturated carbocycles. The summed E-state index contributed by atoms with van der Waals surface area (Å²) >= 11 is 0. The number of likely N-dealkylation sites (N-methyl/N-ethyl adjacent to an activating group) is 1. The SMILES string of the molecule is CNCC1CCCN1C(=O)c1ccc(C)c(O)c1. The largest absolute Gasteiger partial charge is 0.508 e. The molecule has 1 amide bonds. The zero-order chi connectivity index (χ0) is 13.1. The predicted octanol–water partition coefficient (Wildman–Crippen LogP) is 1.52. The lowest BCUT2D eigenvalue weighted by molar-refractivity contribution is 0.0736. The number of benzene rings is 1. The second kappa shape index (κ2) is 5.40. The molecule has 98 valence electrons. The molecule has 2 N–H and O–H groups in total. The number of carbonyl (C=O) groups excluding carboxylic acids is 1. The Morgan fingerprint density at radius 2 is 2.33 bits per heavy atom. The second-order valence-electron chi connectivity index (χ2n) is 4.85. The Kier molecular flexibility index (Phi) is 3.87. The Hall–Kier alpha value is -1.55. The highest BCUT2D eigenvalue weighted by molar-refractivity contribution is 5.95. The van der Waals surface area contributed by atoms with Crippen LogP contribution in [0, 0.1) is 6.92 Å².